The van der Waals surface area contributed by atoms with E-state index >= 15 is 0 Å². The van der Waals surface area contributed by atoms with Crippen LogP contribution in [0.3, 0.4) is 0 Å². The van der Waals surface area contributed by atoms with E-state index in [9.17, 15) is 18.0 Å². The second-order valence-corrected chi connectivity index (χ2v) is 9.73. The number of nitrogens with zero attached hydrogens (tertiary/aromatic N) is 1. The molecule has 0 aliphatic heterocycles. The third kappa shape index (κ3) is 7.13. The fourth-order valence-corrected chi connectivity index (χ4v) is 5.08. The number of ether oxygens (including phenoxy) is 1. The maximum Gasteiger partial charge on any atom is 0.416 e. The fraction of sp³-hybridized carbons (Fsp3) is 0.172. The number of hydrogen-bond donors (Lipinski definition) is 1. The molecule has 0 bridgehead atoms. The molecule has 0 fully saturated rings. The summed E-state index contributed by atoms with van der Waals surface area (Å²) in [4.78, 5) is 16.4. The highest BCUT2D eigenvalue weighted by molar-refractivity contribution is 7.99. The quantitative estimate of drug-likeness (QED) is 0.229. The van der Waals surface area contributed by atoms with Crippen molar-refractivity contribution in [2.45, 2.75) is 29.7 Å². The highest BCUT2D eigenvalue weighted by Gasteiger charge is 2.30. The van der Waals surface area contributed by atoms with Gasteiger partial charge in [0.25, 0.3) is 0 Å². The van der Waals surface area contributed by atoms with E-state index in [0.29, 0.717) is 17.0 Å². The van der Waals surface area contributed by atoms with Crippen LogP contribution in [0.15, 0.2) is 96.0 Å². The number of thioether (sulfide) groups is 1. The number of hydrogen-bond acceptors (Lipinski definition) is 4. The van der Waals surface area contributed by atoms with E-state index in [0.717, 1.165) is 40.1 Å². The van der Waals surface area contributed by atoms with Crippen LogP contribution in [0, 0.1) is 6.92 Å². The van der Waals surface area contributed by atoms with Gasteiger partial charge in [-0.05, 0) is 66.4 Å². The van der Waals surface area contributed by atoms with Crippen molar-refractivity contribution in [2.75, 3.05) is 6.61 Å². The lowest BCUT2D eigenvalue weighted by atomic mass is 10.0. The molecule has 1 N–H and O–H groups in total. The van der Waals surface area contributed by atoms with E-state index in [-0.39, 0.29) is 5.25 Å². The number of rotatable bonds is 9. The smallest absolute Gasteiger partial charge is 0.416 e. The van der Waals surface area contributed by atoms with Crippen LogP contribution in [0.2, 0.25) is 0 Å². The van der Waals surface area contributed by atoms with Gasteiger partial charge in [-0.15, -0.1) is 11.8 Å². The number of carbonyl (C=O) groups is 1. The third-order valence-corrected chi connectivity index (χ3v) is 6.96. The number of halogens is 3. The standard InChI is InChI=1S/C29H24F3NO3S/c1-19-15-24(12-14-26(19)36-18-28(34)35)37-27(16-20-5-3-2-4-6-20)22-9-13-25(33-17-22)21-7-10-23(11-8-21)29(30,31)32/h2-15,17,27H,16,18H2,1H3,(H,34,35). The van der Waals surface area contributed by atoms with E-state index < -0.39 is 24.3 Å². The predicted molar refractivity (Wildman–Crippen MR) is 138 cm³/mol. The van der Waals surface area contributed by atoms with Gasteiger partial charge in [-0.3, -0.25) is 4.98 Å². The lowest BCUT2D eigenvalue weighted by molar-refractivity contribution is -0.139. The first-order valence-electron chi connectivity index (χ1n) is 11.5. The Bertz CT molecular complexity index is 1340. The summed E-state index contributed by atoms with van der Waals surface area (Å²) in [6, 6.07) is 24.5. The second-order valence-electron chi connectivity index (χ2n) is 8.46. The lowest BCUT2D eigenvalue weighted by Gasteiger charge is -2.18. The molecule has 1 atom stereocenters. The van der Waals surface area contributed by atoms with Crippen LogP contribution in [0.5, 0.6) is 5.75 Å². The molecule has 0 amide bonds. The Kier molecular flexibility index (Phi) is 8.18. The van der Waals surface area contributed by atoms with Gasteiger partial charge in [-0.25, -0.2) is 4.79 Å². The zero-order chi connectivity index (χ0) is 26.4. The molecule has 0 aliphatic carbocycles. The number of aromatic nitrogens is 1. The predicted octanol–water partition coefficient (Wildman–Crippen LogP) is 7.62. The minimum atomic E-state index is -4.38. The van der Waals surface area contributed by atoms with Gasteiger partial charge in [-0.1, -0.05) is 48.5 Å². The summed E-state index contributed by atoms with van der Waals surface area (Å²) < 4.78 is 44.0. The molecule has 37 heavy (non-hydrogen) atoms. The van der Waals surface area contributed by atoms with Gasteiger partial charge < -0.3 is 9.84 Å². The molecule has 4 rings (SSSR count). The number of pyridine rings is 1. The molecule has 0 spiro atoms. The first-order valence-corrected chi connectivity index (χ1v) is 12.4. The number of alkyl halides is 3. The Morgan fingerprint density at radius 2 is 1.73 bits per heavy atom. The van der Waals surface area contributed by atoms with Crippen LogP contribution in [0.4, 0.5) is 13.2 Å². The van der Waals surface area contributed by atoms with Crippen molar-refractivity contribution < 1.29 is 27.8 Å². The highest BCUT2D eigenvalue weighted by atomic mass is 32.2. The molecular weight excluding hydrogens is 499 g/mol. The minimum Gasteiger partial charge on any atom is -0.482 e. The number of carboxylic acids is 1. The second kappa shape index (κ2) is 11.5. The van der Waals surface area contributed by atoms with Crippen LogP contribution in [0.25, 0.3) is 11.3 Å². The Hall–Kier alpha value is -3.78. The molecule has 0 radical (unpaired) electrons. The normalized spacial score (nSPS) is 12.2. The van der Waals surface area contributed by atoms with Crippen molar-refractivity contribution in [3.8, 4) is 17.0 Å². The summed E-state index contributed by atoms with van der Waals surface area (Å²) in [5.41, 5.74) is 3.48. The van der Waals surface area contributed by atoms with Gasteiger partial charge in [0.1, 0.15) is 5.75 Å². The van der Waals surface area contributed by atoms with E-state index in [1.807, 2.05) is 49.4 Å². The Morgan fingerprint density at radius 1 is 1.00 bits per heavy atom. The zero-order valence-electron chi connectivity index (χ0n) is 19.9. The van der Waals surface area contributed by atoms with Crippen molar-refractivity contribution in [1.82, 2.24) is 4.98 Å². The van der Waals surface area contributed by atoms with Crippen molar-refractivity contribution in [1.29, 1.82) is 0 Å². The van der Waals surface area contributed by atoms with E-state index in [2.05, 4.69) is 17.1 Å². The number of carboxylic acid groups (broad SMARTS) is 1. The first-order chi connectivity index (χ1) is 17.7. The maximum absolute atomic E-state index is 12.9. The minimum absolute atomic E-state index is 0.0155. The summed E-state index contributed by atoms with van der Waals surface area (Å²) in [6.07, 6.45) is -1.87. The zero-order valence-corrected chi connectivity index (χ0v) is 20.7. The molecule has 4 aromatic rings. The molecule has 1 heterocycles. The summed E-state index contributed by atoms with van der Waals surface area (Å²) in [5.74, 6) is -0.512. The van der Waals surface area contributed by atoms with Gasteiger partial charge in [0.15, 0.2) is 6.61 Å². The van der Waals surface area contributed by atoms with Crippen molar-refractivity contribution in [2.24, 2.45) is 0 Å². The topological polar surface area (TPSA) is 59.4 Å². The Labute approximate surface area is 217 Å². The Morgan fingerprint density at radius 3 is 2.32 bits per heavy atom. The number of aliphatic carboxylic acids is 1. The molecule has 0 saturated carbocycles. The van der Waals surface area contributed by atoms with Crippen LogP contribution >= 0.6 is 11.8 Å². The van der Waals surface area contributed by atoms with Crippen LogP contribution in [0.1, 0.15) is 27.5 Å². The molecule has 3 aromatic carbocycles. The largest absolute Gasteiger partial charge is 0.482 e. The molecule has 0 aliphatic rings. The summed E-state index contributed by atoms with van der Waals surface area (Å²) >= 11 is 1.65. The summed E-state index contributed by atoms with van der Waals surface area (Å²) in [5, 5.41) is 8.88. The summed E-state index contributed by atoms with van der Waals surface area (Å²) in [6.45, 7) is 1.47. The fourth-order valence-electron chi connectivity index (χ4n) is 3.81. The van der Waals surface area contributed by atoms with Gasteiger partial charge >= 0.3 is 12.1 Å². The van der Waals surface area contributed by atoms with Gasteiger partial charge in [-0.2, -0.15) is 13.2 Å². The molecule has 190 valence electrons. The van der Waals surface area contributed by atoms with E-state index in [1.54, 1.807) is 24.0 Å². The van der Waals surface area contributed by atoms with E-state index in [4.69, 9.17) is 9.84 Å². The number of benzene rings is 3. The van der Waals surface area contributed by atoms with E-state index in [1.165, 1.54) is 12.1 Å². The van der Waals surface area contributed by atoms with Crippen molar-refractivity contribution in [3.63, 3.8) is 0 Å². The molecule has 0 saturated heterocycles. The average molecular weight is 524 g/mol. The summed E-state index contributed by atoms with van der Waals surface area (Å²) in [7, 11) is 0. The van der Waals surface area contributed by atoms with Crippen LogP contribution < -0.4 is 4.74 Å². The SMILES string of the molecule is Cc1cc(SC(Cc2ccccc2)c2ccc(-c3ccc(C(F)(F)F)cc3)nc2)ccc1OCC(=O)O. The van der Waals surface area contributed by atoms with Crippen molar-refractivity contribution in [3.05, 3.63) is 113 Å². The monoisotopic (exact) mass is 523 g/mol. The van der Waals surface area contributed by atoms with Crippen LogP contribution in [-0.4, -0.2) is 22.7 Å². The van der Waals surface area contributed by atoms with Gasteiger partial charge in [0.2, 0.25) is 0 Å². The van der Waals surface area contributed by atoms with Crippen molar-refractivity contribution >= 4 is 17.7 Å². The first kappa shape index (κ1) is 26.3. The Balaban J connectivity index is 1.57. The maximum atomic E-state index is 12.9. The van der Waals surface area contributed by atoms with Gasteiger partial charge in [0.05, 0.1) is 11.3 Å². The molecule has 1 unspecified atom stereocenters. The lowest BCUT2D eigenvalue weighted by Crippen LogP contribution is -2.10. The molecule has 1 aromatic heterocycles. The van der Waals surface area contributed by atoms with Gasteiger partial charge in [0, 0.05) is 21.9 Å². The third-order valence-electron chi connectivity index (χ3n) is 5.71. The van der Waals surface area contributed by atoms with Crippen LogP contribution in [-0.2, 0) is 17.4 Å². The molecule has 4 nitrogen and oxygen atoms in total. The number of aryl methyl sites for hydroxylation is 1. The highest BCUT2D eigenvalue weighted by Crippen LogP contribution is 2.39. The molecular formula is C29H24F3NO3S. The average Bonchev–Trinajstić information content (AvgIpc) is 2.88. The molecule has 8 heteroatoms.